The Balaban J connectivity index is 2.16. The van der Waals surface area contributed by atoms with E-state index in [1.165, 1.54) is 12.3 Å². The van der Waals surface area contributed by atoms with Crippen molar-refractivity contribution < 1.29 is 9.18 Å². The van der Waals surface area contributed by atoms with Crippen LogP contribution in [0.5, 0.6) is 0 Å². The van der Waals surface area contributed by atoms with E-state index in [0.717, 1.165) is 31.9 Å². The van der Waals surface area contributed by atoms with Gasteiger partial charge in [0.15, 0.2) is 5.82 Å². The zero-order chi connectivity index (χ0) is 13.1. The molecule has 4 nitrogen and oxygen atoms in total. The van der Waals surface area contributed by atoms with E-state index in [0.29, 0.717) is 0 Å². The van der Waals surface area contributed by atoms with Gasteiger partial charge in [0, 0.05) is 25.3 Å². The standard InChI is InChI=1S/C13H18FN3O/c1-17(12-5-3-2-4-11(12)15)13(18)9-6-7-16-8-10(9)14/h6-8,11-12H,2-5,15H2,1H3. The van der Waals surface area contributed by atoms with Crippen molar-refractivity contribution in [2.45, 2.75) is 37.8 Å². The van der Waals surface area contributed by atoms with E-state index in [2.05, 4.69) is 4.98 Å². The van der Waals surface area contributed by atoms with Crippen molar-refractivity contribution in [3.63, 3.8) is 0 Å². The predicted octanol–water partition coefficient (Wildman–Crippen LogP) is 1.56. The van der Waals surface area contributed by atoms with Crippen LogP contribution in [-0.4, -0.2) is 34.9 Å². The van der Waals surface area contributed by atoms with Gasteiger partial charge in [0.05, 0.1) is 11.8 Å². The smallest absolute Gasteiger partial charge is 0.256 e. The van der Waals surface area contributed by atoms with Crippen molar-refractivity contribution in [1.82, 2.24) is 9.88 Å². The minimum absolute atomic E-state index is 0.00110. The summed E-state index contributed by atoms with van der Waals surface area (Å²) in [6, 6.07) is 1.39. The quantitative estimate of drug-likeness (QED) is 0.867. The maximum Gasteiger partial charge on any atom is 0.256 e. The van der Waals surface area contributed by atoms with Crippen molar-refractivity contribution in [1.29, 1.82) is 0 Å². The van der Waals surface area contributed by atoms with E-state index >= 15 is 0 Å². The molecule has 0 aromatic carbocycles. The van der Waals surface area contributed by atoms with Crippen LogP contribution in [0.15, 0.2) is 18.5 Å². The number of carbonyl (C=O) groups is 1. The lowest BCUT2D eigenvalue weighted by Gasteiger charge is -2.36. The van der Waals surface area contributed by atoms with Crippen LogP contribution < -0.4 is 5.73 Å². The lowest BCUT2D eigenvalue weighted by Crippen LogP contribution is -2.50. The first-order valence-corrected chi connectivity index (χ1v) is 6.23. The topological polar surface area (TPSA) is 59.2 Å². The summed E-state index contributed by atoms with van der Waals surface area (Å²) < 4.78 is 13.5. The minimum atomic E-state index is -0.585. The zero-order valence-electron chi connectivity index (χ0n) is 10.5. The summed E-state index contributed by atoms with van der Waals surface area (Å²) in [6.07, 6.45) is 6.45. The molecule has 98 valence electrons. The minimum Gasteiger partial charge on any atom is -0.337 e. The maximum atomic E-state index is 13.5. The molecule has 0 radical (unpaired) electrons. The Morgan fingerprint density at radius 3 is 2.89 bits per heavy atom. The van der Waals surface area contributed by atoms with Crippen LogP contribution in [0.1, 0.15) is 36.0 Å². The van der Waals surface area contributed by atoms with Gasteiger partial charge >= 0.3 is 0 Å². The van der Waals surface area contributed by atoms with Crippen molar-refractivity contribution in [3.05, 3.63) is 29.8 Å². The van der Waals surface area contributed by atoms with Crippen LogP contribution in [0.2, 0.25) is 0 Å². The van der Waals surface area contributed by atoms with Gasteiger partial charge in [-0.05, 0) is 18.9 Å². The normalized spacial score (nSPS) is 23.7. The number of nitrogens with zero attached hydrogens (tertiary/aromatic N) is 2. The van der Waals surface area contributed by atoms with Gasteiger partial charge in [-0.25, -0.2) is 4.39 Å². The molecule has 0 saturated heterocycles. The van der Waals surface area contributed by atoms with E-state index in [9.17, 15) is 9.18 Å². The summed E-state index contributed by atoms with van der Waals surface area (Å²) in [4.78, 5) is 17.4. The second-order valence-corrected chi connectivity index (χ2v) is 4.79. The number of carbonyl (C=O) groups excluding carboxylic acids is 1. The van der Waals surface area contributed by atoms with Gasteiger partial charge in [-0.15, -0.1) is 0 Å². The van der Waals surface area contributed by atoms with Crippen molar-refractivity contribution >= 4 is 5.91 Å². The fourth-order valence-corrected chi connectivity index (χ4v) is 2.51. The average molecular weight is 251 g/mol. The monoisotopic (exact) mass is 251 g/mol. The first-order valence-electron chi connectivity index (χ1n) is 6.23. The summed E-state index contributed by atoms with van der Waals surface area (Å²) in [6.45, 7) is 0. The summed E-state index contributed by atoms with van der Waals surface area (Å²) in [5.74, 6) is -0.906. The third-order valence-electron chi connectivity index (χ3n) is 3.60. The molecular formula is C13H18FN3O. The van der Waals surface area contributed by atoms with Crippen molar-refractivity contribution in [3.8, 4) is 0 Å². The Morgan fingerprint density at radius 1 is 1.50 bits per heavy atom. The molecule has 2 rings (SSSR count). The Labute approximate surface area is 106 Å². The number of nitrogens with two attached hydrogens (primary N) is 1. The van der Waals surface area contributed by atoms with E-state index in [-0.39, 0.29) is 23.6 Å². The highest BCUT2D eigenvalue weighted by atomic mass is 19.1. The van der Waals surface area contributed by atoms with E-state index in [4.69, 9.17) is 5.73 Å². The lowest BCUT2D eigenvalue weighted by atomic mass is 9.90. The molecule has 1 aromatic rings. The fraction of sp³-hybridized carbons (Fsp3) is 0.538. The molecule has 1 fully saturated rings. The third-order valence-corrected chi connectivity index (χ3v) is 3.60. The number of hydrogen-bond acceptors (Lipinski definition) is 3. The van der Waals surface area contributed by atoms with Gasteiger partial charge in [0.2, 0.25) is 0 Å². The van der Waals surface area contributed by atoms with Crippen LogP contribution in [0.3, 0.4) is 0 Å². The van der Waals surface area contributed by atoms with Gasteiger partial charge in [-0.2, -0.15) is 0 Å². The SMILES string of the molecule is CN(C(=O)c1ccncc1F)C1CCCCC1N. The van der Waals surface area contributed by atoms with Crippen LogP contribution >= 0.6 is 0 Å². The average Bonchev–Trinajstić information content (AvgIpc) is 2.38. The van der Waals surface area contributed by atoms with Crippen LogP contribution in [0, 0.1) is 5.82 Å². The predicted molar refractivity (Wildman–Crippen MR) is 66.5 cm³/mol. The van der Waals surface area contributed by atoms with Gasteiger partial charge in [0.1, 0.15) is 0 Å². The Bertz CT molecular complexity index is 438. The molecule has 1 aliphatic rings. The first-order chi connectivity index (χ1) is 8.61. The maximum absolute atomic E-state index is 13.5. The number of pyridine rings is 1. The number of halogens is 1. The van der Waals surface area contributed by atoms with Gasteiger partial charge in [-0.1, -0.05) is 12.8 Å². The molecule has 2 N–H and O–H groups in total. The third kappa shape index (κ3) is 2.51. The number of likely N-dealkylation sites (N-methyl/N-ethyl adjacent to an activating group) is 1. The number of amides is 1. The van der Waals surface area contributed by atoms with E-state index in [1.807, 2.05) is 0 Å². The molecule has 1 aliphatic carbocycles. The summed E-state index contributed by atoms with van der Waals surface area (Å²) >= 11 is 0. The highest BCUT2D eigenvalue weighted by Crippen LogP contribution is 2.22. The summed E-state index contributed by atoms with van der Waals surface area (Å²) in [7, 11) is 1.69. The second kappa shape index (κ2) is 5.44. The van der Waals surface area contributed by atoms with E-state index in [1.54, 1.807) is 11.9 Å². The largest absolute Gasteiger partial charge is 0.337 e. The number of aromatic nitrogens is 1. The Morgan fingerprint density at radius 2 is 2.22 bits per heavy atom. The number of rotatable bonds is 2. The fourth-order valence-electron chi connectivity index (χ4n) is 2.51. The molecule has 0 bridgehead atoms. The Hall–Kier alpha value is -1.49. The summed E-state index contributed by atoms with van der Waals surface area (Å²) in [5.41, 5.74) is 6.09. The highest BCUT2D eigenvalue weighted by molar-refractivity contribution is 5.94. The van der Waals surface area contributed by atoms with Crippen LogP contribution in [0.4, 0.5) is 4.39 Å². The second-order valence-electron chi connectivity index (χ2n) is 4.79. The van der Waals surface area contributed by atoms with Crippen molar-refractivity contribution in [2.75, 3.05) is 7.05 Å². The molecule has 1 aromatic heterocycles. The van der Waals surface area contributed by atoms with Gasteiger partial charge < -0.3 is 10.6 Å². The highest BCUT2D eigenvalue weighted by Gasteiger charge is 2.29. The molecule has 1 amide bonds. The molecule has 18 heavy (non-hydrogen) atoms. The van der Waals surface area contributed by atoms with Crippen LogP contribution in [-0.2, 0) is 0 Å². The molecule has 2 unspecified atom stereocenters. The molecule has 0 aliphatic heterocycles. The van der Waals surface area contributed by atoms with Gasteiger partial charge in [-0.3, -0.25) is 9.78 Å². The first kappa shape index (κ1) is 13.0. The van der Waals surface area contributed by atoms with Gasteiger partial charge in [0.25, 0.3) is 5.91 Å². The Kier molecular flexibility index (Phi) is 3.91. The molecule has 0 spiro atoms. The van der Waals surface area contributed by atoms with Crippen LogP contribution in [0.25, 0.3) is 0 Å². The lowest BCUT2D eigenvalue weighted by molar-refractivity contribution is 0.0667. The molecule has 2 atom stereocenters. The molecule has 1 saturated carbocycles. The van der Waals surface area contributed by atoms with Crippen molar-refractivity contribution in [2.24, 2.45) is 5.73 Å². The zero-order valence-corrected chi connectivity index (χ0v) is 10.5. The molecule has 1 heterocycles. The number of hydrogen-bond donors (Lipinski definition) is 1. The molecule has 5 heteroatoms. The van der Waals surface area contributed by atoms with E-state index < -0.39 is 5.82 Å². The summed E-state index contributed by atoms with van der Waals surface area (Å²) in [5, 5.41) is 0. The molecular weight excluding hydrogens is 233 g/mol.